The third-order valence-electron chi connectivity index (χ3n) is 0.623. The molecule has 0 aromatic carbocycles. The fourth-order valence-corrected chi connectivity index (χ4v) is 0.275. The summed E-state index contributed by atoms with van der Waals surface area (Å²) < 4.78 is 4.83. The summed E-state index contributed by atoms with van der Waals surface area (Å²) in [6.07, 6.45) is 0. The van der Waals surface area contributed by atoms with Crippen molar-refractivity contribution in [3.05, 3.63) is 0 Å². The molecule has 0 saturated carbocycles. The van der Waals surface area contributed by atoms with Crippen LogP contribution in [0.25, 0.3) is 0 Å². The molecule has 0 bridgehead atoms. The van der Waals surface area contributed by atoms with Gasteiger partial charge in [-0.3, -0.25) is 0 Å². The van der Waals surface area contributed by atoms with E-state index < -0.39 is 5.97 Å². The Balaban J connectivity index is 0. The van der Waals surface area contributed by atoms with Crippen molar-refractivity contribution in [3.8, 4) is 0 Å². The summed E-state index contributed by atoms with van der Waals surface area (Å²) in [5.74, 6) is -1.18. The van der Waals surface area contributed by atoms with Gasteiger partial charge in [0.2, 0.25) is 0 Å². The molecule has 0 unspecified atom stereocenters. The average molecular weight is 154 g/mol. The summed E-state index contributed by atoms with van der Waals surface area (Å²) in [5, 5.41) is 9.81. The third-order valence-corrected chi connectivity index (χ3v) is 0.623. The van der Waals surface area contributed by atoms with Crippen LogP contribution in [0.4, 0.5) is 0 Å². The Morgan fingerprint density at radius 2 is 1.90 bits per heavy atom. The average Bonchev–Trinajstić information content (AvgIpc) is 1.59. The van der Waals surface area contributed by atoms with E-state index in [9.17, 15) is 9.90 Å². The summed E-state index contributed by atoms with van der Waals surface area (Å²) in [4.78, 5) is 9.81. The van der Waals surface area contributed by atoms with Crippen molar-refractivity contribution in [2.45, 2.75) is 26.4 Å². The van der Waals surface area contributed by atoms with E-state index in [1.54, 1.807) is 20.8 Å². The number of rotatable bonds is 2. The first-order chi connectivity index (χ1) is 3.92. The molecule has 0 amide bonds. The molecule has 0 saturated heterocycles. The van der Waals surface area contributed by atoms with Crippen LogP contribution in [0.3, 0.4) is 0 Å². The van der Waals surface area contributed by atoms with E-state index in [0.29, 0.717) is 0 Å². The zero-order valence-electron chi connectivity index (χ0n) is 6.93. The Labute approximate surface area is 83.0 Å². The van der Waals surface area contributed by atoms with Gasteiger partial charge in [-0.2, -0.15) is 0 Å². The van der Waals surface area contributed by atoms with Gasteiger partial charge in [0.05, 0.1) is 18.2 Å². The Morgan fingerprint density at radius 1 is 1.50 bits per heavy atom. The second kappa shape index (κ2) is 5.13. The van der Waals surface area contributed by atoms with Crippen LogP contribution in [0.5, 0.6) is 0 Å². The van der Waals surface area contributed by atoms with Crippen LogP contribution in [0, 0.1) is 0 Å². The Bertz CT molecular complexity index is 106. The van der Waals surface area contributed by atoms with Crippen LogP contribution < -0.4 is 34.7 Å². The first-order valence-corrected chi connectivity index (χ1v) is 2.75. The van der Waals surface area contributed by atoms with Crippen LogP contribution in [-0.4, -0.2) is 18.2 Å². The normalized spacial score (nSPS) is 10.3. The van der Waals surface area contributed by atoms with Gasteiger partial charge in [-0.15, -0.1) is 0 Å². The van der Waals surface area contributed by atoms with Crippen LogP contribution in [-0.2, 0) is 9.53 Å². The molecule has 0 fully saturated rings. The second-order valence-corrected chi connectivity index (χ2v) is 2.77. The van der Waals surface area contributed by atoms with E-state index in [1.807, 2.05) is 0 Å². The fourth-order valence-electron chi connectivity index (χ4n) is 0.275. The molecule has 0 aromatic heterocycles. The van der Waals surface area contributed by atoms with Crippen molar-refractivity contribution in [2.75, 3.05) is 6.61 Å². The van der Waals surface area contributed by atoms with Crippen molar-refractivity contribution in [1.82, 2.24) is 0 Å². The number of ether oxygens (including phenoxy) is 1. The van der Waals surface area contributed by atoms with Crippen LogP contribution in [0.1, 0.15) is 20.8 Å². The van der Waals surface area contributed by atoms with Crippen molar-refractivity contribution in [2.24, 2.45) is 0 Å². The van der Waals surface area contributed by atoms with Gasteiger partial charge in [-0.1, -0.05) is 0 Å². The summed E-state index contributed by atoms with van der Waals surface area (Å²) in [5.41, 5.74) is -0.389. The van der Waals surface area contributed by atoms with Crippen molar-refractivity contribution >= 4 is 5.97 Å². The number of carboxylic acids is 1. The first kappa shape index (κ1) is 13.1. The molecule has 3 nitrogen and oxygen atoms in total. The molecule has 0 heterocycles. The largest absolute Gasteiger partial charge is 1.00 e. The predicted molar refractivity (Wildman–Crippen MR) is 30.7 cm³/mol. The van der Waals surface area contributed by atoms with E-state index in [2.05, 4.69) is 0 Å². The van der Waals surface area contributed by atoms with E-state index >= 15 is 0 Å². The smallest absolute Gasteiger partial charge is 0.548 e. The van der Waals surface area contributed by atoms with E-state index in [0.717, 1.165) is 0 Å². The van der Waals surface area contributed by atoms with Gasteiger partial charge in [0.15, 0.2) is 0 Å². The minimum absolute atomic E-state index is 0. The summed E-state index contributed by atoms with van der Waals surface area (Å²) >= 11 is 0. The van der Waals surface area contributed by atoms with E-state index in [-0.39, 0.29) is 41.8 Å². The van der Waals surface area contributed by atoms with Crippen molar-refractivity contribution < 1.29 is 44.2 Å². The molecule has 0 spiro atoms. The SMILES string of the molecule is CC(C)(C)OCC(=O)[O-].[Na+]. The first-order valence-electron chi connectivity index (χ1n) is 2.75. The fraction of sp³-hybridized carbons (Fsp3) is 0.833. The number of hydrogen-bond donors (Lipinski definition) is 0. The van der Waals surface area contributed by atoms with E-state index in [1.165, 1.54) is 0 Å². The molecule has 4 heteroatoms. The second-order valence-electron chi connectivity index (χ2n) is 2.77. The maximum absolute atomic E-state index is 9.81. The number of carboxylic acid groups (broad SMARTS) is 1. The number of aliphatic carboxylic acids is 1. The molecule has 0 N–H and O–H groups in total. The monoisotopic (exact) mass is 154 g/mol. The molecule has 0 aliphatic heterocycles. The summed E-state index contributed by atoms with van der Waals surface area (Å²) in [6, 6.07) is 0. The van der Waals surface area contributed by atoms with Gasteiger partial charge >= 0.3 is 29.6 Å². The standard InChI is InChI=1S/C6H12O3.Na/c1-6(2,3)9-4-5(7)8;/h4H2,1-3H3,(H,7,8);/q;+1/p-1. The van der Waals surface area contributed by atoms with Gasteiger partial charge in [-0.25, -0.2) is 0 Å². The molecule has 54 valence electrons. The quantitative estimate of drug-likeness (QED) is 0.389. The number of carbonyl (C=O) groups excluding carboxylic acids is 1. The van der Waals surface area contributed by atoms with Gasteiger partial charge in [0.1, 0.15) is 0 Å². The van der Waals surface area contributed by atoms with Gasteiger partial charge < -0.3 is 14.6 Å². The Hall–Kier alpha value is 0.430. The zero-order valence-corrected chi connectivity index (χ0v) is 8.93. The third kappa shape index (κ3) is 11.3. The molecule has 0 aliphatic rings. The topological polar surface area (TPSA) is 49.4 Å². The molecule has 0 rings (SSSR count). The molecular weight excluding hydrogens is 143 g/mol. The predicted octanol–water partition coefficient (Wildman–Crippen LogP) is -3.44. The molecular formula is C6H11NaO3. The maximum Gasteiger partial charge on any atom is 1.00 e. The van der Waals surface area contributed by atoms with Gasteiger partial charge in [-0.05, 0) is 20.8 Å². The minimum atomic E-state index is -1.18. The minimum Gasteiger partial charge on any atom is -0.548 e. The van der Waals surface area contributed by atoms with Gasteiger partial charge in [0.25, 0.3) is 0 Å². The Morgan fingerprint density at radius 3 is 2.00 bits per heavy atom. The van der Waals surface area contributed by atoms with Crippen LogP contribution >= 0.6 is 0 Å². The number of carbonyl (C=O) groups is 1. The molecule has 10 heavy (non-hydrogen) atoms. The Kier molecular flexibility index (Phi) is 6.69. The van der Waals surface area contributed by atoms with Crippen molar-refractivity contribution in [1.29, 1.82) is 0 Å². The van der Waals surface area contributed by atoms with Gasteiger partial charge in [0, 0.05) is 0 Å². The zero-order chi connectivity index (χ0) is 7.49. The van der Waals surface area contributed by atoms with Crippen LogP contribution in [0.2, 0.25) is 0 Å². The van der Waals surface area contributed by atoms with Crippen LogP contribution in [0.15, 0.2) is 0 Å². The van der Waals surface area contributed by atoms with E-state index in [4.69, 9.17) is 4.74 Å². The maximum atomic E-state index is 9.81. The number of hydrogen-bond acceptors (Lipinski definition) is 3. The molecule has 0 aliphatic carbocycles. The van der Waals surface area contributed by atoms with Crippen molar-refractivity contribution in [3.63, 3.8) is 0 Å². The summed E-state index contributed by atoms with van der Waals surface area (Å²) in [6.45, 7) is 5.03. The molecule has 0 radical (unpaired) electrons. The summed E-state index contributed by atoms with van der Waals surface area (Å²) in [7, 11) is 0. The molecule has 0 aromatic rings. The molecule has 0 atom stereocenters.